The smallest absolute Gasteiger partial charge is 0.116 e. The number of aromatic nitrogens is 6. The molecular formula is C19H14N6. The Hall–Kier alpha value is -3.54. The van der Waals surface area contributed by atoms with Crippen LogP contribution in [0.3, 0.4) is 0 Å². The predicted molar refractivity (Wildman–Crippen MR) is 96.9 cm³/mol. The number of pyridine rings is 3. The summed E-state index contributed by atoms with van der Waals surface area (Å²) in [6, 6.07) is 8.11. The van der Waals surface area contributed by atoms with E-state index in [4.69, 9.17) is 0 Å². The molecule has 5 aromatic heterocycles. The second-order valence-corrected chi connectivity index (χ2v) is 6.02. The number of hydrogen-bond donors (Lipinski definition) is 2. The SMILES string of the molecule is Cc1ccncc1-c1cc2c(-c3cc4ccncc4[nH]3)n[nH]c2cn1. The first-order chi connectivity index (χ1) is 12.3. The van der Waals surface area contributed by atoms with Crippen molar-refractivity contribution in [2.24, 2.45) is 0 Å². The minimum absolute atomic E-state index is 0.872. The minimum atomic E-state index is 0.872. The molecule has 6 nitrogen and oxygen atoms in total. The van der Waals surface area contributed by atoms with Crippen LogP contribution in [0.4, 0.5) is 0 Å². The number of rotatable bonds is 2. The van der Waals surface area contributed by atoms with Gasteiger partial charge in [0.05, 0.1) is 34.8 Å². The lowest BCUT2D eigenvalue weighted by molar-refractivity contribution is 1.11. The van der Waals surface area contributed by atoms with Gasteiger partial charge in [-0.15, -0.1) is 0 Å². The molecule has 0 amide bonds. The van der Waals surface area contributed by atoms with Crippen LogP contribution in [0.2, 0.25) is 0 Å². The molecule has 0 aliphatic carbocycles. The van der Waals surface area contributed by atoms with Crippen molar-refractivity contribution in [2.75, 3.05) is 0 Å². The Morgan fingerprint density at radius 3 is 2.68 bits per heavy atom. The molecule has 25 heavy (non-hydrogen) atoms. The van der Waals surface area contributed by atoms with Gasteiger partial charge in [0.1, 0.15) is 5.69 Å². The number of aromatic amines is 2. The molecule has 2 N–H and O–H groups in total. The molecule has 0 aromatic carbocycles. The van der Waals surface area contributed by atoms with Crippen molar-refractivity contribution in [1.29, 1.82) is 0 Å². The van der Waals surface area contributed by atoms with Gasteiger partial charge in [-0.05, 0) is 36.8 Å². The Morgan fingerprint density at radius 2 is 1.80 bits per heavy atom. The summed E-state index contributed by atoms with van der Waals surface area (Å²) in [5, 5.41) is 9.68. The number of hydrogen-bond acceptors (Lipinski definition) is 4. The van der Waals surface area contributed by atoms with Crippen LogP contribution in [0, 0.1) is 6.92 Å². The third-order valence-corrected chi connectivity index (χ3v) is 4.44. The van der Waals surface area contributed by atoms with Crippen molar-refractivity contribution < 1.29 is 0 Å². The Kier molecular flexibility index (Phi) is 2.90. The number of fused-ring (bicyclic) bond motifs is 2. The first kappa shape index (κ1) is 13.9. The lowest BCUT2D eigenvalue weighted by Gasteiger charge is -2.04. The molecule has 0 aliphatic rings. The predicted octanol–water partition coefficient (Wildman–Crippen LogP) is 3.87. The summed E-state index contributed by atoms with van der Waals surface area (Å²) in [5.41, 5.74) is 6.77. The van der Waals surface area contributed by atoms with Crippen molar-refractivity contribution in [3.8, 4) is 22.6 Å². The van der Waals surface area contributed by atoms with E-state index in [1.54, 1.807) is 12.4 Å². The molecule has 6 heteroatoms. The Labute approximate surface area is 143 Å². The van der Waals surface area contributed by atoms with Gasteiger partial charge in [-0.1, -0.05) is 0 Å². The first-order valence-electron chi connectivity index (χ1n) is 7.98. The molecule has 0 saturated carbocycles. The maximum absolute atomic E-state index is 4.56. The fourth-order valence-electron chi connectivity index (χ4n) is 3.10. The van der Waals surface area contributed by atoms with Crippen molar-refractivity contribution in [3.05, 3.63) is 60.8 Å². The fraction of sp³-hybridized carbons (Fsp3) is 0.0526. The number of nitrogens with zero attached hydrogens (tertiary/aromatic N) is 4. The molecule has 5 heterocycles. The van der Waals surface area contributed by atoms with Gasteiger partial charge < -0.3 is 4.98 Å². The quantitative estimate of drug-likeness (QED) is 0.516. The molecule has 0 radical (unpaired) electrons. The second-order valence-electron chi connectivity index (χ2n) is 6.02. The third-order valence-electron chi connectivity index (χ3n) is 4.44. The van der Waals surface area contributed by atoms with Gasteiger partial charge in [-0.3, -0.25) is 20.1 Å². The van der Waals surface area contributed by atoms with E-state index in [-0.39, 0.29) is 0 Å². The summed E-state index contributed by atoms with van der Waals surface area (Å²) in [6.07, 6.45) is 9.06. The minimum Gasteiger partial charge on any atom is -0.352 e. The maximum Gasteiger partial charge on any atom is 0.116 e. The lowest BCUT2D eigenvalue weighted by Crippen LogP contribution is -1.88. The highest BCUT2D eigenvalue weighted by Gasteiger charge is 2.13. The molecule has 0 saturated heterocycles. The molecule has 0 bridgehead atoms. The van der Waals surface area contributed by atoms with Crippen molar-refractivity contribution >= 4 is 21.8 Å². The van der Waals surface area contributed by atoms with Gasteiger partial charge in [-0.25, -0.2) is 0 Å². The lowest BCUT2D eigenvalue weighted by atomic mass is 10.1. The Morgan fingerprint density at radius 1 is 0.920 bits per heavy atom. The van der Waals surface area contributed by atoms with E-state index in [1.165, 1.54) is 0 Å². The summed E-state index contributed by atoms with van der Waals surface area (Å²) in [6.45, 7) is 2.06. The number of H-pyrrole nitrogens is 2. The normalized spacial score (nSPS) is 11.4. The van der Waals surface area contributed by atoms with Crippen LogP contribution in [0.5, 0.6) is 0 Å². The molecule has 0 aliphatic heterocycles. The van der Waals surface area contributed by atoms with Gasteiger partial charge in [0, 0.05) is 34.9 Å². The van der Waals surface area contributed by atoms with Crippen molar-refractivity contribution in [1.82, 2.24) is 30.1 Å². The Balaban J connectivity index is 1.71. The number of nitrogens with one attached hydrogen (secondary N) is 2. The molecule has 0 fully saturated rings. The third kappa shape index (κ3) is 2.19. The fourth-order valence-corrected chi connectivity index (χ4v) is 3.10. The van der Waals surface area contributed by atoms with E-state index < -0.39 is 0 Å². The second kappa shape index (κ2) is 5.24. The van der Waals surface area contributed by atoms with Crippen LogP contribution in [0.15, 0.2) is 55.2 Å². The van der Waals surface area contributed by atoms with Crippen molar-refractivity contribution in [2.45, 2.75) is 6.92 Å². The van der Waals surface area contributed by atoms with E-state index in [0.29, 0.717) is 0 Å². The largest absolute Gasteiger partial charge is 0.352 e. The molecule has 5 rings (SSSR count). The van der Waals surface area contributed by atoms with Crippen molar-refractivity contribution in [3.63, 3.8) is 0 Å². The Bertz CT molecular complexity index is 1180. The monoisotopic (exact) mass is 326 g/mol. The molecule has 120 valence electrons. The van der Waals surface area contributed by atoms with Gasteiger partial charge in [0.2, 0.25) is 0 Å². The highest BCUT2D eigenvalue weighted by atomic mass is 15.1. The van der Waals surface area contributed by atoms with Crippen LogP contribution in [-0.4, -0.2) is 30.1 Å². The van der Waals surface area contributed by atoms with Crippen LogP contribution < -0.4 is 0 Å². The number of aryl methyl sites for hydroxylation is 1. The maximum atomic E-state index is 4.56. The first-order valence-corrected chi connectivity index (χ1v) is 7.98. The molecule has 0 unspecified atom stereocenters. The molecular weight excluding hydrogens is 312 g/mol. The van der Waals surface area contributed by atoms with Crippen LogP contribution in [-0.2, 0) is 0 Å². The zero-order valence-corrected chi connectivity index (χ0v) is 13.5. The molecule has 5 aromatic rings. The van der Waals surface area contributed by atoms with Crippen LogP contribution >= 0.6 is 0 Å². The summed E-state index contributed by atoms with van der Waals surface area (Å²) < 4.78 is 0. The van der Waals surface area contributed by atoms with Crippen LogP contribution in [0.25, 0.3) is 44.5 Å². The van der Waals surface area contributed by atoms with E-state index in [1.807, 2.05) is 30.7 Å². The highest BCUT2D eigenvalue weighted by molar-refractivity contribution is 5.96. The van der Waals surface area contributed by atoms with Gasteiger partial charge in [0.25, 0.3) is 0 Å². The van der Waals surface area contributed by atoms with Gasteiger partial charge >= 0.3 is 0 Å². The average Bonchev–Trinajstić information content (AvgIpc) is 3.25. The summed E-state index contributed by atoms with van der Waals surface area (Å²) in [5.74, 6) is 0. The average molecular weight is 326 g/mol. The summed E-state index contributed by atoms with van der Waals surface area (Å²) in [7, 11) is 0. The van der Waals surface area contributed by atoms with E-state index >= 15 is 0 Å². The van der Waals surface area contributed by atoms with E-state index in [0.717, 1.165) is 50.0 Å². The summed E-state index contributed by atoms with van der Waals surface area (Å²) in [4.78, 5) is 16.3. The van der Waals surface area contributed by atoms with Gasteiger partial charge in [0.15, 0.2) is 0 Å². The molecule has 0 atom stereocenters. The zero-order chi connectivity index (χ0) is 16.8. The van der Waals surface area contributed by atoms with E-state index in [9.17, 15) is 0 Å². The van der Waals surface area contributed by atoms with E-state index in [2.05, 4.69) is 49.2 Å². The standard InChI is InChI=1S/C19H14N6/c1-11-2-4-20-8-14(11)15-7-13-18(10-22-15)24-25-19(13)16-6-12-3-5-21-9-17(12)23-16/h2-10,23H,1H3,(H,24,25). The molecule has 0 spiro atoms. The topological polar surface area (TPSA) is 83.1 Å². The van der Waals surface area contributed by atoms with Crippen LogP contribution in [0.1, 0.15) is 5.56 Å². The van der Waals surface area contributed by atoms with Gasteiger partial charge in [-0.2, -0.15) is 5.10 Å². The zero-order valence-electron chi connectivity index (χ0n) is 13.5. The summed E-state index contributed by atoms with van der Waals surface area (Å²) >= 11 is 0. The highest BCUT2D eigenvalue weighted by Crippen LogP contribution is 2.30.